The maximum Gasteiger partial charge on any atom is 1.00 e. The van der Waals surface area contributed by atoms with Crippen LogP contribution in [0.3, 0.4) is 0 Å². The van der Waals surface area contributed by atoms with Crippen LogP contribution in [0, 0.1) is 77.0 Å². The molecule has 0 aliphatic carbocycles. The van der Waals surface area contributed by atoms with E-state index < -0.39 is 7.82 Å². The van der Waals surface area contributed by atoms with Crippen molar-refractivity contribution in [3.63, 3.8) is 0 Å². The largest absolute Gasteiger partial charge is 1.00 e. The van der Waals surface area contributed by atoms with Crippen LogP contribution in [0.5, 0.6) is 23.0 Å². The minimum atomic E-state index is -4.83. The Morgan fingerprint density at radius 1 is 0.485 bits per heavy atom. The summed E-state index contributed by atoms with van der Waals surface area (Å²) in [5, 5.41) is 0. The SMILES string of the molecule is Cc1c(C)c2c(c(C)c1OP(=O)([O-])Oc1c(C)c(C)c3c(c1C)CCC(C)(CCCC(C)CCCC(C)CCCC(C)C)O3)CCC(C)(CCCC(C)CCCC(C)CCCC(C)C)O2.[Na+]. The maximum absolute atomic E-state index is 13.9. The molecule has 2 aromatic rings. The maximum atomic E-state index is 13.9. The van der Waals surface area contributed by atoms with E-state index in [2.05, 4.69) is 69.2 Å². The van der Waals surface area contributed by atoms with Crippen molar-refractivity contribution >= 4 is 7.82 Å². The van der Waals surface area contributed by atoms with Gasteiger partial charge in [0.2, 0.25) is 0 Å². The van der Waals surface area contributed by atoms with Gasteiger partial charge in [-0.25, -0.2) is 4.57 Å². The number of hydrogen-bond donors (Lipinski definition) is 0. The van der Waals surface area contributed by atoms with Crippen molar-refractivity contribution in [2.45, 2.75) is 263 Å². The van der Waals surface area contributed by atoms with Gasteiger partial charge in [0.05, 0.1) is 0 Å². The van der Waals surface area contributed by atoms with E-state index >= 15 is 0 Å². The Morgan fingerprint density at radius 3 is 1.08 bits per heavy atom. The van der Waals surface area contributed by atoms with Gasteiger partial charge in [-0.05, 0) is 176 Å². The van der Waals surface area contributed by atoms with Crippen LogP contribution in [0.4, 0.5) is 0 Å². The molecule has 2 aliphatic rings. The molecule has 0 N–H and O–H groups in total. The zero-order chi connectivity index (χ0) is 48.3. The summed E-state index contributed by atoms with van der Waals surface area (Å²) >= 11 is 0. The van der Waals surface area contributed by atoms with Crippen LogP contribution in [0.25, 0.3) is 0 Å². The van der Waals surface area contributed by atoms with E-state index in [4.69, 9.17) is 18.5 Å². The normalized spacial score (nSPS) is 20.9. The molecule has 0 bridgehead atoms. The third-order valence-corrected chi connectivity index (χ3v) is 16.9. The minimum absolute atomic E-state index is 0. The summed E-state index contributed by atoms with van der Waals surface area (Å²) in [7, 11) is -4.83. The second kappa shape index (κ2) is 26.9. The third kappa shape index (κ3) is 17.6. The molecular formula is C58H98NaO6P. The Balaban J connectivity index is 0.0000116. The molecule has 4 rings (SSSR count). The van der Waals surface area contributed by atoms with Crippen LogP contribution in [0.2, 0.25) is 0 Å². The van der Waals surface area contributed by atoms with E-state index in [1.165, 1.54) is 89.9 Å². The van der Waals surface area contributed by atoms with Crippen LogP contribution in [-0.4, -0.2) is 11.2 Å². The summed E-state index contributed by atoms with van der Waals surface area (Å²) in [5.41, 5.74) is 6.65. The molecule has 2 heterocycles. The van der Waals surface area contributed by atoms with Gasteiger partial charge in [0.15, 0.2) is 0 Å². The summed E-state index contributed by atoms with van der Waals surface area (Å²) in [6, 6.07) is 0. The first-order chi connectivity index (χ1) is 30.4. The van der Waals surface area contributed by atoms with Gasteiger partial charge < -0.3 is 23.4 Å². The topological polar surface area (TPSA) is 77.1 Å². The Bertz CT molecular complexity index is 1740. The number of rotatable bonds is 28. The summed E-state index contributed by atoms with van der Waals surface area (Å²) in [6.45, 7) is 35.4. The van der Waals surface area contributed by atoms with Gasteiger partial charge in [0.25, 0.3) is 0 Å². The van der Waals surface area contributed by atoms with E-state index in [1.807, 2.05) is 41.5 Å². The number of benzene rings is 2. The molecule has 2 aliphatic heterocycles. The Hall–Kier alpha value is -1.17. The van der Waals surface area contributed by atoms with Crippen molar-refractivity contribution in [1.29, 1.82) is 0 Å². The Kier molecular flexibility index (Phi) is 24.1. The fourth-order valence-electron chi connectivity index (χ4n) is 11.0. The molecule has 6 nitrogen and oxygen atoms in total. The first-order valence-electron chi connectivity index (χ1n) is 26.8. The molecule has 0 amide bonds. The molecule has 0 saturated heterocycles. The molecule has 0 saturated carbocycles. The minimum Gasteiger partial charge on any atom is -0.736 e. The van der Waals surface area contributed by atoms with Gasteiger partial charge >= 0.3 is 37.4 Å². The standard InChI is InChI=1S/C58H99O6P.Na/c1-39(2)23-17-25-41(5)27-19-29-43(7)31-21-35-57(15)37-33-51-49(13)53(45(9)47(11)55(51)61-57)63-65(59,60)64-54-46(10)48(12)56-52(50(54)14)34-38-58(16,62-56)36-22-32-44(8)30-20-28-42(6)26-18-24-40(3)4;/h39-44H,17-38H2,1-16H3,(H,59,60);/q;+1/p-1. The number of hydrogen-bond acceptors (Lipinski definition) is 6. The molecule has 66 heavy (non-hydrogen) atoms. The van der Waals surface area contributed by atoms with Crippen LogP contribution in [0.1, 0.15) is 242 Å². The van der Waals surface area contributed by atoms with Gasteiger partial charge in [-0.1, -0.05) is 145 Å². The van der Waals surface area contributed by atoms with Crippen LogP contribution < -0.4 is 53.0 Å². The molecular weight excluding hydrogens is 847 g/mol. The monoisotopic (exact) mass is 945 g/mol. The van der Waals surface area contributed by atoms with Crippen molar-refractivity contribution in [1.82, 2.24) is 0 Å². The average Bonchev–Trinajstić information content (AvgIpc) is 3.22. The van der Waals surface area contributed by atoms with E-state index in [1.54, 1.807) is 0 Å². The zero-order valence-corrected chi connectivity index (χ0v) is 48.8. The van der Waals surface area contributed by atoms with E-state index in [-0.39, 0.29) is 40.8 Å². The molecule has 372 valence electrons. The molecule has 0 radical (unpaired) electrons. The van der Waals surface area contributed by atoms with Gasteiger partial charge in [0, 0.05) is 11.1 Å². The van der Waals surface area contributed by atoms with Crippen LogP contribution in [0.15, 0.2) is 0 Å². The van der Waals surface area contributed by atoms with Gasteiger partial charge in [-0.15, -0.1) is 0 Å². The van der Waals surface area contributed by atoms with Crippen molar-refractivity contribution in [3.8, 4) is 23.0 Å². The van der Waals surface area contributed by atoms with Gasteiger partial charge in [-0.3, -0.25) is 0 Å². The van der Waals surface area contributed by atoms with Gasteiger partial charge in [-0.2, -0.15) is 0 Å². The van der Waals surface area contributed by atoms with Crippen molar-refractivity contribution < 1.29 is 57.5 Å². The Labute approximate surface area is 428 Å². The molecule has 8 heteroatoms. The van der Waals surface area contributed by atoms with Crippen LogP contribution in [-0.2, 0) is 17.4 Å². The first kappa shape index (κ1) is 59.1. The third-order valence-electron chi connectivity index (χ3n) is 16.1. The van der Waals surface area contributed by atoms with E-state index in [0.29, 0.717) is 11.5 Å². The van der Waals surface area contributed by atoms with Gasteiger partial charge in [0.1, 0.15) is 34.2 Å². The fourth-order valence-corrected chi connectivity index (χ4v) is 12.1. The fraction of sp³-hybridized carbons (Fsp3) is 0.793. The predicted octanol–water partition coefficient (Wildman–Crippen LogP) is 14.5. The number of fused-ring (bicyclic) bond motifs is 2. The molecule has 6 unspecified atom stereocenters. The quantitative estimate of drug-likeness (QED) is 0.0625. The van der Waals surface area contributed by atoms with Crippen molar-refractivity contribution in [2.75, 3.05) is 0 Å². The summed E-state index contributed by atoms with van der Waals surface area (Å²) in [6.07, 6.45) is 26.3. The summed E-state index contributed by atoms with van der Waals surface area (Å²) < 4.78 is 39.6. The number of phosphoric ester groups is 1. The molecule has 2 aromatic carbocycles. The second-order valence-corrected chi connectivity index (χ2v) is 24.7. The van der Waals surface area contributed by atoms with Crippen LogP contribution >= 0.6 is 7.82 Å². The van der Waals surface area contributed by atoms with E-state index in [0.717, 1.165) is 143 Å². The molecule has 0 aromatic heterocycles. The smallest absolute Gasteiger partial charge is 0.736 e. The zero-order valence-electron chi connectivity index (χ0n) is 45.9. The average molecular weight is 945 g/mol. The molecule has 0 fully saturated rings. The van der Waals surface area contributed by atoms with E-state index in [9.17, 15) is 9.46 Å². The number of phosphoric acid groups is 1. The first-order valence-corrected chi connectivity index (χ1v) is 28.2. The predicted molar refractivity (Wildman–Crippen MR) is 274 cm³/mol. The summed E-state index contributed by atoms with van der Waals surface area (Å²) in [5.74, 6) is 7.24. The number of ether oxygens (including phenoxy) is 2. The second-order valence-electron chi connectivity index (χ2n) is 23.5. The summed E-state index contributed by atoms with van der Waals surface area (Å²) in [4.78, 5) is 13.9. The molecule has 6 atom stereocenters. The molecule has 0 spiro atoms. The van der Waals surface area contributed by atoms with Crippen molar-refractivity contribution in [2.24, 2.45) is 35.5 Å². The Morgan fingerprint density at radius 2 is 0.773 bits per heavy atom. The van der Waals surface area contributed by atoms with Crippen molar-refractivity contribution in [3.05, 3.63) is 44.5 Å².